The molecule has 19 heavy (non-hydrogen) atoms. The summed E-state index contributed by atoms with van der Waals surface area (Å²) in [4.78, 5) is 14.2. The van der Waals surface area contributed by atoms with E-state index in [2.05, 4.69) is 0 Å². The van der Waals surface area contributed by atoms with Crippen LogP contribution in [0, 0.1) is 5.92 Å². The Bertz CT molecular complexity index is 288. The fourth-order valence-electron chi connectivity index (χ4n) is 3.67. The zero-order chi connectivity index (χ0) is 13.7. The normalized spacial score (nSPS) is 29.2. The maximum atomic E-state index is 12.3. The highest BCUT2D eigenvalue weighted by atomic mass is 35.5. The van der Waals surface area contributed by atoms with Crippen molar-refractivity contribution in [2.75, 3.05) is 7.05 Å². The molecule has 0 heterocycles. The van der Waals surface area contributed by atoms with Crippen molar-refractivity contribution in [3.8, 4) is 0 Å². The number of amides is 1. The summed E-state index contributed by atoms with van der Waals surface area (Å²) in [6.45, 7) is 0. The topological polar surface area (TPSA) is 20.3 Å². The van der Waals surface area contributed by atoms with Gasteiger partial charge >= 0.3 is 0 Å². The van der Waals surface area contributed by atoms with Crippen molar-refractivity contribution in [2.24, 2.45) is 5.92 Å². The van der Waals surface area contributed by atoms with E-state index in [1.54, 1.807) is 0 Å². The first kappa shape index (κ1) is 15.2. The molecule has 2 aliphatic rings. The molecule has 2 atom stereocenters. The second-order valence-corrected chi connectivity index (χ2v) is 6.98. The SMILES string of the molecule is CN(C(=O)CCC1CCCCC1)C1CCCCC1Cl. The predicted molar refractivity (Wildman–Crippen MR) is 80.5 cm³/mol. The average Bonchev–Trinajstić information content (AvgIpc) is 2.45. The van der Waals surface area contributed by atoms with Crippen LogP contribution in [-0.4, -0.2) is 29.3 Å². The van der Waals surface area contributed by atoms with E-state index in [1.165, 1.54) is 44.9 Å². The molecule has 2 nitrogen and oxygen atoms in total. The molecule has 0 aromatic rings. The van der Waals surface area contributed by atoms with Crippen molar-refractivity contribution in [3.05, 3.63) is 0 Å². The maximum Gasteiger partial charge on any atom is 0.222 e. The second-order valence-electron chi connectivity index (χ2n) is 6.42. The summed E-state index contributed by atoms with van der Waals surface area (Å²) in [6, 6.07) is 0.272. The molecule has 0 bridgehead atoms. The van der Waals surface area contributed by atoms with Gasteiger partial charge in [-0.2, -0.15) is 0 Å². The second kappa shape index (κ2) is 7.52. The lowest BCUT2D eigenvalue weighted by atomic mass is 9.86. The fraction of sp³-hybridized carbons (Fsp3) is 0.938. The number of hydrogen-bond donors (Lipinski definition) is 0. The van der Waals surface area contributed by atoms with Crippen LogP contribution in [0.3, 0.4) is 0 Å². The van der Waals surface area contributed by atoms with Gasteiger partial charge in [0, 0.05) is 19.5 Å². The van der Waals surface area contributed by atoms with Gasteiger partial charge < -0.3 is 4.90 Å². The number of hydrogen-bond acceptors (Lipinski definition) is 1. The molecule has 2 rings (SSSR count). The Morgan fingerprint density at radius 3 is 2.37 bits per heavy atom. The number of nitrogens with zero attached hydrogens (tertiary/aromatic N) is 1. The first-order chi connectivity index (χ1) is 9.18. The third-order valence-electron chi connectivity index (χ3n) is 5.03. The van der Waals surface area contributed by atoms with Gasteiger partial charge in [-0.05, 0) is 25.2 Å². The smallest absolute Gasteiger partial charge is 0.222 e. The Balaban J connectivity index is 1.74. The van der Waals surface area contributed by atoms with Crippen molar-refractivity contribution in [1.29, 1.82) is 0 Å². The van der Waals surface area contributed by atoms with E-state index < -0.39 is 0 Å². The van der Waals surface area contributed by atoms with Crippen LogP contribution in [0.25, 0.3) is 0 Å². The Hall–Kier alpha value is -0.240. The molecule has 2 aliphatic carbocycles. The van der Waals surface area contributed by atoms with E-state index in [1.807, 2.05) is 11.9 Å². The molecule has 0 N–H and O–H groups in total. The minimum atomic E-state index is 0.164. The van der Waals surface area contributed by atoms with Crippen molar-refractivity contribution in [2.45, 2.75) is 82.0 Å². The zero-order valence-corrected chi connectivity index (χ0v) is 13.0. The minimum Gasteiger partial charge on any atom is -0.341 e. The highest BCUT2D eigenvalue weighted by Gasteiger charge is 2.29. The van der Waals surface area contributed by atoms with E-state index in [0.717, 1.165) is 31.6 Å². The molecule has 3 heteroatoms. The molecule has 0 aliphatic heterocycles. The van der Waals surface area contributed by atoms with Gasteiger partial charge in [-0.3, -0.25) is 4.79 Å². The molecule has 0 radical (unpaired) electrons. The lowest BCUT2D eigenvalue weighted by molar-refractivity contribution is -0.132. The van der Waals surface area contributed by atoms with Crippen LogP contribution in [0.15, 0.2) is 0 Å². The number of rotatable bonds is 4. The number of halogens is 1. The molecular weight excluding hydrogens is 258 g/mol. The first-order valence-corrected chi connectivity index (χ1v) is 8.52. The van der Waals surface area contributed by atoms with Crippen LogP contribution in [-0.2, 0) is 4.79 Å². The third kappa shape index (κ3) is 4.37. The lowest BCUT2D eigenvalue weighted by Crippen LogP contribution is -2.44. The summed E-state index contributed by atoms with van der Waals surface area (Å²) in [6.07, 6.45) is 13.2. The zero-order valence-electron chi connectivity index (χ0n) is 12.2. The Morgan fingerprint density at radius 2 is 1.68 bits per heavy atom. The molecule has 0 aromatic carbocycles. The Kier molecular flexibility index (Phi) is 6.00. The third-order valence-corrected chi connectivity index (χ3v) is 5.54. The molecule has 2 saturated carbocycles. The molecule has 0 spiro atoms. The van der Waals surface area contributed by atoms with Crippen LogP contribution in [0.4, 0.5) is 0 Å². The number of carbonyl (C=O) groups is 1. The highest BCUT2D eigenvalue weighted by molar-refractivity contribution is 6.21. The molecule has 0 saturated heterocycles. The summed E-state index contributed by atoms with van der Waals surface area (Å²) in [5.74, 6) is 1.10. The van der Waals surface area contributed by atoms with Crippen LogP contribution in [0.5, 0.6) is 0 Å². The van der Waals surface area contributed by atoms with E-state index >= 15 is 0 Å². The van der Waals surface area contributed by atoms with Crippen molar-refractivity contribution in [1.82, 2.24) is 4.90 Å². The number of alkyl halides is 1. The number of carbonyl (C=O) groups excluding carboxylic acids is 1. The van der Waals surface area contributed by atoms with Gasteiger partial charge in [0.05, 0.1) is 5.38 Å². The summed E-state index contributed by atoms with van der Waals surface area (Å²) >= 11 is 6.38. The average molecular weight is 286 g/mol. The first-order valence-electron chi connectivity index (χ1n) is 8.08. The lowest BCUT2D eigenvalue weighted by Gasteiger charge is -2.35. The maximum absolute atomic E-state index is 12.3. The van der Waals surface area contributed by atoms with Crippen molar-refractivity contribution >= 4 is 17.5 Å². The van der Waals surface area contributed by atoms with Gasteiger partial charge in [0.15, 0.2) is 0 Å². The van der Waals surface area contributed by atoms with Gasteiger partial charge in [-0.15, -0.1) is 11.6 Å². The summed E-state index contributed by atoms with van der Waals surface area (Å²) in [7, 11) is 1.95. The van der Waals surface area contributed by atoms with Crippen LogP contribution in [0.2, 0.25) is 0 Å². The molecule has 1 amide bonds. The van der Waals surface area contributed by atoms with Crippen LogP contribution < -0.4 is 0 Å². The standard InChI is InChI=1S/C16H28ClNO/c1-18(15-10-6-5-9-14(15)17)16(19)12-11-13-7-3-2-4-8-13/h13-15H,2-12H2,1H3. The van der Waals surface area contributed by atoms with Gasteiger partial charge in [0.2, 0.25) is 5.91 Å². The molecule has 2 fully saturated rings. The predicted octanol–water partition coefficient (Wildman–Crippen LogP) is 4.36. The molecule has 2 unspecified atom stereocenters. The molecule has 0 aromatic heterocycles. The van der Waals surface area contributed by atoms with Crippen molar-refractivity contribution < 1.29 is 4.79 Å². The summed E-state index contributed by atoms with van der Waals surface area (Å²) in [5.41, 5.74) is 0. The largest absolute Gasteiger partial charge is 0.341 e. The molecule has 110 valence electrons. The fourth-order valence-corrected chi connectivity index (χ4v) is 4.12. The Labute approximate surface area is 122 Å². The van der Waals surface area contributed by atoms with E-state index in [4.69, 9.17) is 11.6 Å². The highest BCUT2D eigenvalue weighted by Crippen LogP contribution is 2.29. The van der Waals surface area contributed by atoms with Gasteiger partial charge in [-0.25, -0.2) is 0 Å². The van der Waals surface area contributed by atoms with E-state index in [-0.39, 0.29) is 11.4 Å². The van der Waals surface area contributed by atoms with Gasteiger partial charge in [-0.1, -0.05) is 44.9 Å². The van der Waals surface area contributed by atoms with Crippen molar-refractivity contribution in [3.63, 3.8) is 0 Å². The van der Waals surface area contributed by atoms with Crippen LogP contribution in [0.1, 0.15) is 70.6 Å². The van der Waals surface area contributed by atoms with Gasteiger partial charge in [0.1, 0.15) is 0 Å². The molecular formula is C16H28ClNO. The monoisotopic (exact) mass is 285 g/mol. The minimum absolute atomic E-state index is 0.164. The summed E-state index contributed by atoms with van der Waals surface area (Å²) in [5, 5.41) is 0.164. The van der Waals surface area contributed by atoms with Crippen LogP contribution >= 0.6 is 11.6 Å². The van der Waals surface area contributed by atoms with E-state index in [0.29, 0.717) is 5.91 Å². The Morgan fingerprint density at radius 1 is 1.05 bits per heavy atom. The quantitative estimate of drug-likeness (QED) is 0.703. The van der Waals surface area contributed by atoms with Gasteiger partial charge in [0.25, 0.3) is 0 Å². The van der Waals surface area contributed by atoms with E-state index in [9.17, 15) is 4.79 Å². The summed E-state index contributed by atoms with van der Waals surface area (Å²) < 4.78 is 0.